The second-order valence-corrected chi connectivity index (χ2v) is 6.63. The number of ketones is 1. The highest BCUT2D eigenvalue weighted by molar-refractivity contribution is 6.30. The van der Waals surface area contributed by atoms with E-state index in [1.54, 1.807) is 30.3 Å². The molecule has 0 aromatic heterocycles. The van der Waals surface area contributed by atoms with Crippen LogP contribution in [0.1, 0.15) is 35.2 Å². The Balaban J connectivity index is 1.80. The van der Waals surface area contributed by atoms with Crippen LogP contribution in [0.25, 0.3) is 5.70 Å². The number of likely N-dealkylation sites (tertiary alicyclic amines) is 1. The SMILES string of the molecule is O=C(/C=C/C=C(\c1ccccc1)N1CCCCC1)c1ccc(Cl)cc1. The van der Waals surface area contributed by atoms with E-state index in [-0.39, 0.29) is 5.78 Å². The third kappa shape index (κ3) is 4.83. The number of carbonyl (C=O) groups excluding carboxylic acids is 1. The van der Waals surface area contributed by atoms with E-state index in [4.69, 9.17) is 11.6 Å². The monoisotopic (exact) mass is 351 g/mol. The van der Waals surface area contributed by atoms with Gasteiger partial charge in [-0.05, 0) is 61.2 Å². The Kier molecular flexibility index (Phi) is 6.08. The summed E-state index contributed by atoms with van der Waals surface area (Å²) >= 11 is 5.87. The molecule has 0 amide bonds. The third-order valence-electron chi connectivity index (χ3n) is 4.40. The molecule has 2 aromatic rings. The zero-order valence-electron chi connectivity index (χ0n) is 14.2. The van der Waals surface area contributed by atoms with Crippen molar-refractivity contribution in [2.45, 2.75) is 19.3 Å². The van der Waals surface area contributed by atoms with Gasteiger partial charge in [0.2, 0.25) is 0 Å². The van der Waals surface area contributed by atoms with Gasteiger partial charge in [0.15, 0.2) is 5.78 Å². The highest BCUT2D eigenvalue weighted by Gasteiger charge is 2.14. The molecule has 1 fully saturated rings. The van der Waals surface area contributed by atoms with Crippen LogP contribution in [0.4, 0.5) is 0 Å². The zero-order valence-corrected chi connectivity index (χ0v) is 15.0. The van der Waals surface area contributed by atoms with E-state index in [2.05, 4.69) is 35.2 Å². The van der Waals surface area contributed by atoms with Crippen molar-refractivity contribution in [3.8, 4) is 0 Å². The van der Waals surface area contributed by atoms with Gasteiger partial charge in [-0.15, -0.1) is 0 Å². The lowest BCUT2D eigenvalue weighted by Crippen LogP contribution is -2.28. The van der Waals surface area contributed by atoms with Crippen LogP contribution in [-0.2, 0) is 0 Å². The summed E-state index contributed by atoms with van der Waals surface area (Å²) < 4.78 is 0. The van der Waals surface area contributed by atoms with Gasteiger partial charge in [-0.25, -0.2) is 0 Å². The standard InChI is InChI=1S/C22H22ClNO/c23-20-14-12-19(13-15-20)22(25)11-7-10-21(18-8-3-1-4-9-18)24-16-5-2-6-17-24/h1,3-4,7-15H,2,5-6,16-17H2/b11-7+,21-10+. The van der Waals surface area contributed by atoms with Crippen LogP contribution < -0.4 is 0 Å². The lowest BCUT2D eigenvalue weighted by molar-refractivity contribution is 0.104. The number of halogens is 1. The van der Waals surface area contributed by atoms with Gasteiger partial charge in [-0.3, -0.25) is 4.79 Å². The Labute approximate surface area is 154 Å². The Morgan fingerprint density at radius 2 is 1.56 bits per heavy atom. The van der Waals surface area contributed by atoms with E-state index in [1.165, 1.54) is 30.5 Å². The van der Waals surface area contributed by atoms with E-state index in [9.17, 15) is 4.79 Å². The highest BCUT2D eigenvalue weighted by atomic mass is 35.5. The molecule has 2 nitrogen and oxygen atoms in total. The minimum Gasteiger partial charge on any atom is -0.371 e. The Morgan fingerprint density at radius 1 is 0.880 bits per heavy atom. The maximum Gasteiger partial charge on any atom is 0.185 e. The number of nitrogens with zero attached hydrogens (tertiary/aromatic N) is 1. The normalized spacial score (nSPS) is 15.6. The third-order valence-corrected chi connectivity index (χ3v) is 4.65. The van der Waals surface area contributed by atoms with Crippen molar-refractivity contribution < 1.29 is 4.79 Å². The van der Waals surface area contributed by atoms with Gasteiger partial charge in [-0.2, -0.15) is 0 Å². The summed E-state index contributed by atoms with van der Waals surface area (Å²) in [6, 6.07) is 17.3. The fourth-order valence-corrected chi connectivity index (χ4v) is 3.19. The van der Waals surface area contributed by atoms with E-state index < -0.39 is 0 Å². The number of allylic oxidation sites excluding steroid dienone is 3. The Morgan fingerprint density at radius 3 is 2.24 bits per heavy atom. The van der Waals surface area contributed by atoms with Crippen molar-refractivity contribution in [1.82, 2.24) is 4.90 Å². The lowest BCUT2D eigenvalue weighted by atomic mass is 10.1. The van der Waals surface area contributed by atoms with Crippen molar-refractivity contribution in [2.24, 2.45) is 0 Å². The quantitative estimate of drug-likeness (QED) is 0.396. The molecule has 0 aliphatic carbocycles. The van der Waals surface area contributed by atoms with E-state index >= 15 is 0 Å². The molecule has 0 atom stereocenters. The Hall–Kier alpha value is -2.32. The number of rotatable bonds is 5. The molecule has 3 rings (SSSR count). The summed E-state index contributed by atoms with van der Waals surface area (Å²) in [5, 5.41) is 0.636. The van der Waals surface area contributed by atoms with E-state index in [0.717, 1.165) is 13.1 Å². The molecule has 1 aliphatic heterocycles. The lowest BCUT2D eigenvalue weighted by Gasteiger charge is -2.31. The second-order valence-electron chi connectivity index (χ2n) is 6.20. The molecule has 0 spiro atoms. The summed E-state index contributed by atoms with van der Waals surface area (Å²) in [5.41, 5.74) is 3.02. The van der Waals surface area contributed by atoms with Crippen molar-refractivity contribution in [1.29, 1.82) is 0 Å². The van der Waals surface area contributed by atoms with Crippen LogP contribution in [-0.4, -0.2) is 23.8 Å². The molecule has 2 aromatic carbocycles. The molecule has 0 saturated carbocycles. The maximum absolute atomic E-state index is 12.3. The fourth-order valence-electron chi connectivity index (χ4n) is 3.06. The molecule has 3 heteroatoms. The minimum absolute atomic E-state index is 0.0148. The summed E-state index contributed by atoms with van der Waals surface area (Å²) in [6.07, 6.45) is 9.26. The second kappa shape index (κ2) is 8.68. The summed E-state index contributed by atoms with van der Waals surface area (Å²) in [6.45, 7) is 2.14. The van der Waals surface area contributed by atoms with Gasteiger partial charge >= 0.3 is 0 Å². The van der Waals surface area contributed by atoms with Crippen LogP contribution in [0, 0.1) is 0 Å². The van der Waals surface area contributed by atoms with Gasteiger partial charge in [0.05, 0.1) is 0 Å². The first-order valence-electron chi connectivity index (χ1n) is 8.73. The van der Waals surface area contributed by atoms with Gasteiger partial charge in [0, 0.05) is 29.4 Å². The molecule has 0 radical (unpaired) electrons. The van der Waals surface area contributed by atoms with Gasteiger partial charge < -0.3 is 4.90 Å². The average molecular weight is 352 g/mol. The predicted molar refractivity (Wildman–Crippen MR) is 105 cm³/mol. The molecular weight excluding hydrogens is 330 g/mol. The Bertz CT molecular complexity index is 756. The van der Waals surface area contributed by atoms with Crippen molar-refractivity contribution in [2.75, 3.05) is 13.1 Å². The fraction of sp³-hybridized carbons (Fsp3) is 0.227. The average Bonchev–Trinajstić information content (AvgIpc) is 2.67. The van der Waals surface area contributed by atoms with Gasteiger partial charge in [-0.1, -0.05) is 48.0 Å². The molecule has 1 aliphatic rings. The van der Waals surface area contributed by atoms with Crippen molar-refractivity contribution >= 4 is 23.1 Å². The van der Waals surface area contributed by atoms with Crippen LogP contribution in [0.3, 0.4) is 0 Å². The first-order valence-corrected chi connectivity index (χ1v) is 9.10. The molecule has 25 heavy (non-hydrogen) atoms. The van der Waals surface area contributed by atoms with Crippen molar-refractivity contribution in [3.05, 3.63) is 89.0 Å². The first kappa shape index (κ1) is 17.5. The first-order chi connectivity index (χ1) is 12.2. The number of benzene rings is 2. The summed E-state index contributed by atoms with van der Waals surface area (Å²) in [7, 11) is 0. The van der Waals surface area contributed by atoms with Gasteiger partial charge in [0.1, 0.15) is 0 Å². The van der Waals surface area contributed by atoms with Gasteiger partial charge in [0.25, 0.3) is 0 Å². The number of hydrogen-bond acceptors (Lipinski definition) is 2. The van der Waals surface area contributed by atoms with Crippen LogP contribution in [0.5, 0.6) is 0 Å². The van der Waals surface area contributed by atoms with E-state index in [1.807, 2.05) is 12.1 Å². The predicted octanol–water partition coefficient (Wildman–Crippen LogP) is 5.61. The topological polar surface area (TPSA) is 20.3 Å². The molecular formula is C22H22ClNO. The molecule has 128 valence electrons. The molecule has 0 unspecified atom stereocenters. The van der Waals surface area contributed by atoms with Crippen LogP contribution in [0.2, 0.25) is 5.02 Å². The summed E-state index contributed by atoms with van der Waals surface area (Å²) in [4.78, 5) is 14.7. The zero-order chi connectivity index (χ0) is 17.5. The molecule has 1 heterocycles. The smallest absolute Gasteiger partial charge is 0.185 e. The van der Waals surface area contributed by atoms with Crippen LogP contribution >= 0.6 is 11.6 Å². The number of piperidine rings is 1. The number of hydrogen-bond donors (Lipinski definition) is 0. The summed E-state index contributed by atoms with van der Waals surface area (Å²) in [5.74, 6) is -0.0148. The molecule has 1 saturated heterocycles. The maximum atomic E-state index is 12.3. The van der Waals surface area contributed by atoms with Crippen LogP contribution in [0.15, 0.2) is 72.8 Å². The molecule has 0 bridgehead atoms. The highest BCUT2D eigenvalue weighted by Crippen LogP contribution is 2.23. The molecule has 0 N–H and O–H groups in total. The van der Waals surface area contributed by atoms with E-state index in [0.29, 0.717) is 10.6 Å². The largest absolute Gasteiger partial charge is 0.371 e. The number of carbonyl (C=O) groups is 1. The van der Waals surface area contributed by atoms with Crippen molar-refractivity contribution in [3.63, 3.8) is 0 Å². The minimum atomic E-state index is -0.0148.